The van der Waals surface area contributed by atoms with Gasteiger partial charge in [-0.2, -0.15) is 10.2 Å². The second kappa shape index (κ2) is 4.84. The molecule has 0 bridgehead atoms. The van der Waals surface area contributed by atoms with E-state index in [1.54, 1.807) is 0 Å². The third-order valence-electron chi connectivity index (χ3n) is 3.13. The zero-order chi connectivity index (χ0) is 13.3. The Morgan fingerprint density at radius 2 is 1.89 bits per heavy atom. The van der Waals surface area contributed by atoms with Crippen molar-refractivity contribution >= 4 is 5.69 Å². The van der Waals surface area contributed by atoms with Crippen molar-refractivity contribution in [1.82, 2.24) is 19.6 Å². The van der Waals surface area contributed by atoms with Gasteiger partial charge in [0.25, 0.3) is 0 Å². The third-order valence-corrected chi connectivity index (χ3v) is 3.13. The lowest BCUT2D eigenvalue weighted by Gasteiger charge is -2.14. The highest BCUT2D eigenvalue weighted by molar-refractivity contribution is 5.48. The molecule has 0 aliphatic rings. The lowest BCUT2D eigenvalue weighted by Crippen LogP contribution is -2.08. The van der Waals surface area contributed by atoms with Gasteiger partial charge in [-0.3, -0.25) is 9.36 Å². The van der Waals surface area contributed by atoms with Crippen LogP contribution in [0.5, 0.6) is 0 Å². The number of aromatic nitrogens is 4. The number of nitrogens with one attached hydrogen (secondary N) is 1. The van der Waals surface area contributed by atoms with Crippen LogP contribution in [0.1, 0.15) is 36.8 Å². The summed E-state index contributed by atoms with van der Waals surface area (Å²) in [5.74, 6) is 0. The van der Waals surface area contributed by atoms with E-state index in [0.717, 1.165) is 23.5 Å². The van der Waals surface area contributed by atoms with Gasteiger partial charge in [0.05, 0.1) is 23.1 Å². The molecule has 0 saturated carbocycles. The first-order valence-electron chi connectivity index (χ1n) is 6.30. The quantitative estimate of drug-likeness (QED) is 0.901. The zero-order valence-electron chi connectivity index (χ0n) is 11.7. The van der Waals surface area contributed by atoms with Gasteiger partial charge in [0, 0.05) is 32.1 Å². The average Bonchev–Trinajstić information content (AvgIpc) is 2.81. The van der Waals surface area contributed by atoms with Crippen LogP contribution in [0.25, 0.3) is 0 Å². The summed E-state index contributed by atoms with van der Waals surface area (Å²) < 4.78 is 3.71. The Morgan fingerprint density at radius 3 is 2.44 bits per heavy atom. The molecule has 5 heteroatoms. The summed E-state index contributed by atoms with van der Waals surface area (Å²) in [5, 5.41) is 12.3. The maximum atomic E-state index is 4.44. The molecule has 0 spiro atoms. The number of rotatable bonds is 4. The first-order chi connectivity index (χ1) is 8.51. The molecule has 98 valence electrons. The van der Waals surface area contributed by atoms with E-state index in [1.165, 1.54) is 5.56 Å². The molecule has 0 amide bonds. The van der Waals surface area contributed by atoms with Crippen molar-refractivity contribution in [3.8, 4) is 0 Å². The van der Waals surface area contributed by atoms with Crippen LogP contribution in [0.2, 0.25) is 0 Å². The fraction of sp³-hybridized carbons (Fsp3) is 0.538. The average molecular weight is 247 g/mol. The van der Waals surface area contributed by atoms with Crippen LogP contribution in [-0.4, -0.2) is 19.6 Å². The molecule has 1 N–H and O–H groups in total. The predicted molar refractivity (Wildman–Crippen MR) is 72.6 cm³/mol. The lowest BCUT2D eigenvalue weighted by molar-refractivity contribution is 0.746. The molecule has 0 fully saturated rings. The number of hydrogen-bond donors (Lipinski definition) is 1. The van der Waals surface area contributed by atoms with Gasteiger partial charge in [-0.05, 0) is 20.3 Å². The number of nitrogens with zero attached hydrogens (tertiary/aromatic N) is 4. The van der Waals surface area contributed by atoms with E-state index in [2.05, 4.69) is 35.6 Å². The topological polar surface area (TPSA) is 47.7 Å². The Kier molecular flexibility index (Phi) is 3.41. The van der Waals surface area contributed by atoms with E-state index >= 15 is 0 Å². The summed E-state index contributed by atoms with van der Waals surface area (Å²) in [4.78, 5) is 0. The Hall–Kier alpha value is -1.78. The summed E-state index contributed by atoms with van der Waals surface area (Å²) in [5.41, 5.74) is 4.50. The molecule has 2 aromatic rings. The normalized spacial score (nSPS) is 12.7. The Morgan fingerprint density at radius 1 is 1.22 bits per heavy atom. The molecule has 2 rings (SSSR count). The molecule has 0 aliphatic carbocycles. The van der Waals surface area contributed by atoms with Crippen LogP contribution in [-0.2, 0) is 20.5 Å². The molecule has 0 aliphatic heterocycles. The summed E-state index contributed by atoms with van der Waals surface area (Å²) in [6.45, 7) is 6.31. The van der Waals surface area contributed by atoms with Gasteiger partial charge in [0.1, 0.15) is 0 Å². The van der Waals surface area contributed by atoms with Crippen LogP contribution >= 0.6 is 0 Å². The van der Waals surface area contributed by atoms with Crippen LogP contribution in [0.3, 0.4) is 0 Å². The van der Waals surface area contributed by atoms with Crippen molar-refractivity contribution < 1.29 is 0 Å². The van der Waals surface area contributed by atoms with Gasteiger partial charge in [0.2, 0.25) is 0 Å². The largest absolute Gasteiger partial charge is 0.376 e. The van der Waals surface area contributed by atoms with Gasteiger partial charge in [0.15, 0.2) is 0 Å². The summed E-state index contributed by atoms with van der Waals surface area (Å²) >= 11 is 0. The molecular formula is C13H21N5. The number of hydrogen-bond acceptors (Lipinski definition) is 3. The lowest BCUT2D eigenvalue weighted by atomic mass is 10.1. The van der Waals surface area contributed by atoms with E-state index < -0.39 is 0 Å². The molecular weight excluding hydrogens is 226 g/mol. The Bertz CT molecular complexity index is 538. The first-order valence-corrected chi connectivity index (χ1v) is 6.30. The van der Waals surface area contributed by atoms with E-state index in [0.29, 0.717) is 0 Å². The van der Waals surface area contributed by atoms with Gasteiger partial charge in [-0.15, -0.1) is 0 Å². The number of aryl methyl sites for hydroxylation is 4. The monoisotopic (exact) mass is 247 g/mol. The molecule has 0 aromatic carbocycles. The van der Waals surface area contributed by atoms with Crippen molar-refractivity contribution in [3.63, 3.8) is 0 Å². The minimum absolute atomic E-state index is 0.230. The maximum absolute atomic E-state index is 4.44. The minimum Gasteiger partial charge on any atom is -0.376 e. The fourth-order valence-corrected chi connectivity index (χ4v) is 2.27. The van der Waals surface area contributed by atoms with Crippen molar-refractivity contribution in [3.05, 3.63) is 29.3 Å². The van der Waals surface area contributed by atoms with E-state index in [-0.39, 0.29) is 6.04 Å². The standard InChI is InChI=1S/C13H21N5/c1-6-12-13(8-18(5)16-12)14-9(2)11-7-17(4)15-10(11)3/h7-9,14H,6H2,1-5H3. The highest BCUT2D eigenvalue weighted by Gasteiger charge is 2.14. The zero-order valence-corrected chi connectivity index (χ0v) is 11.7. The van der Waals surface area contributed by atoms with E-state index in [9.17, 15) is 0 Å². The summed E-state index contributed by atoms with van der Waals surface area (Å²) in [6, 6.07) is 0.230. The second-order valence-electron chi connectivity index (χ2n) is 4.73. The highest BCUT2D eigenvalue weighted by atomic mass is 15.3. The first kappa shape index (κ1) is 12.7. The van der Waals surface area contributed by atoms with Crippen LogP contribution in [0.15, 0.2) is 12.4 Å². The molecule has 1 unspecified atom stereocenters. The Labute approximate surface area is 108 Å². The molecule has 2 heterocycles. The number of anilines is 1. The van der Waals surface area contributed by atoms with Crippen LogP contribution in [0, 0.1) is 6.92 Å². The minimum atomic E-state index is 0.230. The SMILES string of the molecule is CCc1nn(C)cc1NC(C)c1cn(C)nc1C. The van der Waals surface area contributed by atoms with Gasteiger partial charge in [-0.1, -0.05) is 6.92 Å². The van der Waals surface area contributed by atoms with Crippen LogP contribution in [0.4, 0.5) is 5.69 Å². The highest BCUT2D eigenvalue weighted by Crippen LogP contribution is 2.23. The molecule has 1 atom stereocenters. The fourth-order valence-electron chi connectivity index (χ4n) is 2.27. The predicted octanol–water partition coefficient (Wildman–Crippen LogP) is 2.20. The molecule has 2 aromatic heterocycles. The molecule has 0 saturated heterocycles. The smallest absolute Gasteiger partial charge is 0.0853 e. The second-order valence-corrected chi connectivity index (χ2v) is 4.73. The molecule has 5 nitrogen and oxygen atoms in total. The van der Waals surface area contributed by atoms with Crippen molar-refractivity contribution in [2.24, 2.45) is 14.1 Å². The van der Waals surface area contributed by atoms with Crippen molar-refractivity contribution in [2.75, 3.05) is 5.32 Å². The van der Waals surface area contributed by atoms with E-state index in [4.69, 9.17) is 0 Å². The molecule has 18 heavy (non-hydrogen) atoms. The molecule has 0 radical (unpaired) electrons. The van der Waals surface area contributed by atoms with Gasteiger partial charge in [-0.25, -0.2) is 0 Å². The third kappa shape index (κ3) is 2.39. The van der Waals surface area contributed by atoms with Gasteiger partial charge < -0.3 is 5.32 Å². The Balaban J connectivity index is 2.20. The maximum Gasteiger partial charge on any atom is 0.0853 e. The summed E-state index contributed by atoms with van der Waals surface area (Å²) in [6.07, 6.45) is 5.03. The van der Waals surface area contributed by atoms with Crippen LogP contribution < -0.4 is 5.32 Å². The van der Waals surface area contributed by atoms with Gasteiger partial charge >= 0.3 is 0 Å². The van der Waals surface area contributed by atoms with Crippen molar-refractivity contribution in [2.45, 2.75) is 33.2 Å². The summed E-state index contributed by atoms with van der Waals surface area (Å²) in [7, 11) is 3.90. The van der Waals surface area contributed by atoms with Crippen molar-refractivity contribution in [1.29, 1.82) is 0 Å². The van der Waals surface area contributed by atoms with E-state index in [1.807, 2.05) is 36.6 Å².